The molecule has 0 aliphatic heterocycles. The SMILES string of the molecule is NS(=O)(=O)c1ccc(CCN=Cc2ccc([N+](=O)[O-])cc2)cc1. The number of aliphatic imine (C=N–C) groups is 1. The van der Waals surface area contributed by atoms with Gasteiger partial charge in [0.2, 0.25) is 10.0 Å². The Labute approximate surface area is 133 Å². The van der Waals surface area contributed by atoms with Gasteiger partial charge in [-0.3, -0.25) is 15.1 Å². The molecule has 2 aromatic rings. The molecule has 2 rings (SSSR count). The fraction of sp³-hybridized carbons (Fsp3) is 0.133. The zero-order valence-corrected chi connectivity index (χ0v) is 12.9. The molecule has 0 aromatic heterocycles. The minimum atomic E-state index is -3.67. The first-order valence-electron chi connectivity index (χ1n) is 6.72. The van der Waals surface area contributed by atoms with E-state index in [1.807, 2.05) is 0 Å². The zero-order valence-electron chi connectivity index (χ0n) is 12.1. The van der Waals surface area contributed by atoms with Gasteiger partial charge in [-0.15, -0.1) is 0 Å². The molecule has 0 aliphatic rings. The lowest BCUT2D eigenvalue weighted by Crippen LogP contribution is -2.11. The number of nitro groups is 1. The van der Waals surface area contributed by atoms with E-state index in [4.69, 9.17) is 5.14 Å². The molecule has 0 amide bonds. The first-order valence-corrected chi connectivity index (χ1v) is 8.27. The van der Waals surface area contributed by atoms with Crippen molar-refractivity contribution in [1.29, 1.82) is 0 Å². The van der Waals surface area contributed by atoms with E-state index < -0.39 is 14.9 Å². The molecule has 0 saturated heterocycles. The zero-order chi connectivity index (χ0) is 16.9. The van der Waals surface area contributed by atoms with Gasteiger partial charge in [-0.2, -0.15) is 0 Å². The average Bonchev–Trinajstić information content (AvgIpc) is 2.51. The summed E-state index contributed by atoms with van der Waals surface area (Å²) < 4.78 is 22.3. The van der Waals surface area contributed by atoms with Crippen LogP contribution < -0.4 is 5.14 Å². The Hall–Kier alpha value is -2.58. The van der Waals surface area contributed by atoms with Gasteiger partial charge in [0.05, 0.1) is 9.82 Å². The molecule has 0 aliphatic carbocycles. The maximum Gasteiger partial charge on any atom is 0.269 e. The molecule has 8 heteroatoms. The molecule has 0 bridgehead atoms. The highest BCUT2D eigenvalue weighted by Crippen LogP contribution is 2.11. The fourth-order valence-electron chi connectivity index (χ4n) is 1.89. The molecule has 2 aromatic carbocycles. The van der Waals surface area contributed by atoms with Gasteiger partial charge in [0, 0.05) is 24.9 Å². The summed E-state index contributed by atoms with van der Waals surface area (Å²) in [5.74, 6) is 0. The Bertz CT molecular complexity index is 813. The van der Waals surface area contributed by atoms with Crippen LogP contribution in [-0.4, -0.2) is 26.1 Å². The number of nitrogens with two attached hydrogens (primary N) is 1. The van der Waals surface area contributed by atoms with Crippen molar-refractivity contribution in [1.82, 2.24) is 0 Å². The Balaban J connectivity index is 1.90. The highest BCUT2D eigenvalue weighted by molar-refractivity contribution is 7.89. The van der Waals surface area contributed by atoms with Gasteiger partial charge in [-0.25, -0.2) is 13.6 Å². The van der Waals surface area contributed by atoms with Crippen molar-refractivity contribution in [2.45, 2.75) is 11.3 Å². The van der Waals surface area contributed by atoms with Crippen LogP contribution in [0.4, 0.5) is 5.69 Å². The normalized spacial score (nSPS) is 11.7. The van der Waals surface area contributed by atoms with Crippen molar-refractivity contribution in [3.05, 3.63) is 69.8 Å². The van der Waals surface area contributed by atoms with Crippen LogP contribution in [0.2, 0.25) is 0 Å². The predicted molar refractivity (Wildman–Crippen MR) is 87.1 cm³/mol. The first-order chi connectivity index (χ1) is 10.9. The molecule has 7 nitrogen and oxygen atoms in total. The van der Waals surface area contributed by atoms with Crippen molar-refractivity contribution >= 4 is 21.9 Å². The molecular formula is C15H15N3O4S. The number of sulfonamides is 1. The second kappa shape index (κ2) is 7.12. The number of nitrogens with zero attached hydrogens (tertiary/aromatic N) is 2. The van der Waals surface area contributed by atoms with E-state index in [0.717, 1.165) is 11.1 Å². The summed E-state index contributed by atoms with van der Waals surface area (Å²) in [5, 5.41) is 15.6. The van der Waals surface area contributed by atoms with Crippen LogP contribution >= 0.6 is 0 Å². The smallest absolute Gasteiger partial charge is 0.269 e. The number of non-ortho nitro benzene ring substituents is 1. The Kier molecular flexibility index (Phi) is 5.20. The standard InChI is InChI=1S/C15H15N3O4S/c16-23(21,22)15-7-3-12(4-8-15)9-10-17-11-13-1-5-14(6-2-13)18(19)20/h1-8,11H,9-10H2,(H2,16,21,22). The quantitative estimate of drug-likeness (QED) is 0.493. The highest BCUT2D eigenvalue weighted by atomic mass is 32.2. The summed E-state index contributed by atoms with van der Waals surface area (Å²) in [6.45, 7) is 0.520. The van der Waals surface area contributed by atoms with Crippen molar-refractivity contribution in [2.24, 2.45) is 10.1 Å². The lowest BCUT2D eigenvalue weighted by atomic mass is 10.1. The summed E-state index contributed by atoms with van der Waals surface area (Å²) in [6, 6.07) is 12.4. The molecule has 0 fully saturated rings. The van der Waals surface area contributed by atoms with E-state index in [1.54, 1.807) is 30.5 Å². The van der Waals surface area contributed by atoms with Crippen molar-refractivity contribution in [3.8, 4) is 0 Å². The van der Waals surface area contributed by atoms with Crippen LogP contribution in [0.3, 0.4) is 0 Å². The van der Waals surface area contributed by atoms with Crippen LogP contribution in [0.1, 0.15) is 11.1 Å². The maximum atomic E-state index is 11.1. The summed E-state index contributed by atoms with van der Waals surface area (Å²) in [7, 11) is -3.67. The molecule has 2 N–H and O–H groups in total. The van der Waals surface area contributed by atoms with Crippen LogP contribution in [0.25, 0.3) is 0 Å². The average molecular weight is 333 g/mol. The Morgan fingerprint density at radius 3 is 2.22 bits per heavy atom. The third kappa shape index (κ3) is 4.97. The number of primary sulfonamides is 1. The molecule has 0 heterocycles. The molecule has 0 atom stereocenters. The second-order valence-electron chi connectivity index (χ2n) is 4.82. The molecule has 120 valence electrons. The van der Waals surface area contributed by atoms with Gasteiger partial charge < -0.3 is 0 Å². The fourth-order valence-corrected chi connectivity index (χ4v) is 2.41. The first kappa shape index (κ1) is 16.8. The largest absolute Gasteiger partial charge is 0.292 e. The minimum absolute atomic E-state index is 0.0390. The third-order valence-corrected chi connectivity index (χ3v) is 4.05. The van der Waals surface area contributed by atoms with Crippen molar-refractivity contribution in [3.63, 3.8) is 0 Å². The van der Waals surface area contributed by atoms with Crippen LogP contribution in [0, 0.1) is 10.1 Å². The second-order valence-corrected chi connectivity index (χ2v) is 6.38. The molecule has 0 unspecified atom stereocenters. The van der Waals surface area contributed by atoms with E-state index in [1.165, 1.54) is 24.3 Å². The van der Waals surface area contributed by atoms with E-state index in [9.17, 15) is 18.5 Å². The van der Waals surface area contributed by atoms with Gasteiger partial charge in [0.1, 0.15) is 0 Å². The Morgan fingerprint density at radius 1 is 1.09 bits per heavy atom. The van der Waals surface area contributed by atoms with E-state index in [2.05, 4.69) is 4.99 Å². The predicted octanol–water partition coefficient (Wildman–Crippen LogP) is 1.90. The number of hydrogen-bond acceptors (Lipinski definition) is 5. The lowest BCUT2D eigenvalue weighted by Gasteiger charge is -2.01. The molecule has 0 saturated carbocycles. The molecule has 0 radical (unpaired) electrons. The van der Waals surface area contributed by atoms with Gasteiger partial charge in [-0.1, -0.05) is 12.1 Å². The van der Waals surface area contributed by atoms with E-state index in [-0.39, 0.29) is 10.6 Å². The third-order valence-electron chi connectivity index (χ3n) is 3.13. The number of nitro benzene ring substituents is 1. The van der Waals surface area contributed by atoms with Gasteiger partial charge in [-0.05, 0) is 41.8 Å². The van der Waals surface area contributed by atoms with Crippen LogP contribution in [0.15, 0.2) is 58.4 Å². The van der Waals surface area contributed by atoms with E-state index in [0.29, 0.717) is 13.0 Å². The summed E-state index contributed by atoms with van der Waals surface area (Å²) in [4.78, 5) is 14.4. The number of rotatable bonds is 6. The molecule has 23 heavy (non-hydrogen) atoms. The monoisotopic (exact) mass is 333 g/mol. The maximum absolute atomic E-state index is 11.1. The lowest BCUT2D eigenvalue weighted by molar-refractivity contribution is -0.384. The van der Waals surface area contributed by atoms with Gasteiger partial charge in [0.25, 0.3) is 5.69 Å². The summed E-state index contributed by atoms with van der Waals surface area (Å²) in [6.07, 6.45) is 2.29. The molecule has 0 spiro atoms. The van der Waals surface area contributed by atoms with Gasteiger partial charge in [0.15, 0.2) is 0 Å². The number of benzene rings is 2. The summed E-state index contributed by atoms with van der Waals surface area (Å²) in [5.41, 5.74) is 1.76. The minimum Gasteiger partial charge on any atom is -0.292 e. The van der Waals surface area contributed by atoms with Crippen LogP contribution in [0.5, 0.6) is 0 Å². The van der Waals surface area contributed by atoms with Gasteiger partial charge >= 0.3 is 0 Å². The van der Waals surface area contributed by atoms with Crippen LogP contribution in [-0.2, 0) is 16.4 Å². The van der Waals surface area contributed by atoms with Crippen molar-refractivity contribution < 1.29 is 13.3 Å². The molecular weight excluding hydrogens is 318 g/mol. The topological polar surface area (TPSA) is 116 Å². The number of hydrogen-bond donors (Lipinski definition) is 1. The van der Waals surface area contributed by atoms with Crippen molar-refractivity contribution in [2.75, 3.05) is 6.54 Å². The Morgan fingerprint density at radius 2 is 1.70 bits per heavy atom. The highest BCUT2D eigenvalue weighted by Gasteiger charge is 2.06. The van der Waals surface area contributed by atoms with E-state index >= 15 is 0 Å². The summed E-state index contributed by atoms with van der Waals surface area (Å²) >= 11 is 0.